The molecule has 0 aromatic rings. The van der Waals surface area contributed by atoms with Crippen molar-refractivity contribution < 1.29 is 0 Å². The van der Waals surface area contributed by atoms with Crippen LogP contribution in [0.2, 0.25) is 0 Å². The van der Waals surface area contributed by atoms with Crippen molar-refractivity contribution >= 4 is 0 Å². The highest BCUT2D eigenvalue weighted by atomic mass is 15.2. The molecule has 0 aromatic heterocycles. The van der Waals surface area contributed by atoms with Crippen molar-refractivity contribution in [2.45, 2.75) is 52.1 Å². The highest BCUT2D eigenvalue weighted by Crippen LogP contribution is 2.46. The zero-order valence-corrected chi connectivity index (χ0v) is 10.1. The molecule has 0 radical (unpaired) electrons. The Balaban J connectivity index is 1.94. The largest absolute Gasteiger partial charge is 0.309 e. The number of hydrogen-bond acceptors (Lipinski definition) is 2. The van der Waals surface area contributed by atoms with Crippen LogP contribution >= 0.6 is 0 Å². The van der Waals surface area contributed by atoms with E-state index in [2.05, 4.69) is 37.9 Å². The fraction of sp³-hybridized carbons (Fsp3) is 1.00. The van der Waals surface area contributed by atoms with Crippen molar-refractivity contribution in [3.63, 3.8) is 0 Å². The van der Waals surface area contributed by atoms with Gasteiger partial charge >= 0.3 is 0 Å². The van der Waals surface area contributed by atoms with E-state index in [9.17, 15) is 0 Å². The third-order valence-electron chi connectivity index (χ3n) is 3.79. The first-order valence-corrected chi connectivity index (χ1v) is 5.89. The van der Waals surface area contributed by atoms with Crippen molar-refractivity contribution in [3.05, 3.63) is 0 Å². The topological polar surface area (TPSA) is 15.3 Å². The normalized spacial score (nSPS) is 35.6. The average Bonchev–Trinajstić information content (AvgIpc) is 2.76. The van der Waals surface area contributed by atoms with Gasteiger partial charge in [-0.25, -0.2) is 0 Å². The van der Waals surface area contributed by atoms with E-state index >= 15 is 0 Å². The van der Waals surface area contributed by atoms with E-state index in [-0.39, 0.29) is 0 Å². The van der Waals surface area contributed by atoms with Gasteiger partial charge in [0.1, 0.15) is 0 Å². The van der Waals surface area contributed by atoms with E-state index in [1.807, 2.05) is 0 Å². The van der Waals surface area contributed by atoms with Crippen molar-refractivity contribution in [2.24, 2.45) is 5.41 Å². The Morgan fingerprint density at radius 2 is 1.93 bits per heavy atom. The van der Waals surface area contributed by atoms with Crippen LogP contribution in [0.3, 0.4) is 0 Å². The van der Waals surface area contributed by atoms with Gasteiger partial charge in [-0.3, -0.25) is 4.90 Å². The Hall–Kier alpha value is -0.0800. The van der Waals surface area contributed by atoms with Gasteiger partial charge in [-0.1, -0.05) is 6.92 Å². The second-order valence-electron chi connectivity index (χ2n) is 6.33. The summed E-state index contributed by atoms with van der Waals surface area (Å²) in [5.74, 6) is 0. The standard InChI is InChI=1S/C12H24N2/c1-10-7-13-11(2,3)8-14(10)9-12(4)5-6-12/h10,13H,5-9H2,1-4H3. The number of hydrogen-bond donors (Lipinski definition) is 1. The summed E-state index contributed by atoms with van der Waals surface area (Å²) in [5, 5.41) is 3.60. The second kappa shape index (κ2) is 3.21. The molecule has 1 heterocycles. The number of nitrogens with zero attached hydrogens (tertiary/aromatic N) is 1. The summed E-state index contributed by atoms with van der Waals surface area (Å²) in [6.07, 6.45) is 2.87. The first-order chi connectivity index (χ1) is 6.40. The smallest absolute Gasteiger partial charge is 0.0252 e. The van der Waals surface area contributed by atoms with Gasteiger partial charge < -0.3 is 5.32 Å². The molecule has 1 unspecified atom stereocenters. The van der Waals surface area contributed by atoms with Crippen LogP contribution in [0, 0.1) is 5.41 Å². The molecule has 2 aliphatic rings. The van der Waals surface area contributed by atoms with Crippen molar-refractivity contribution in [1.82, 2.24) is 10.2 Å². The summed E-state index contributed by atoms with van der Waals surface area (Å²) in [5.41, 5.74) is 0.958. The number of nitrogens with one attached hydrogen (secondary N) is 1. The minimum Gasteiger partial charge on any atom is -0.309 e. The van der Waals surface area contributed by atoms with Gasteiger partial charge in [-0.15, -0.1) is 0 Å². The van der Waals surface area contributed by atoms with E-state index in [0.717, 1.165) is 6.54 Å². The maximum absolute atomic E-state index is 3.60. The fourth-order valence-electron chi connectivity index (χ4n) is 2.35. The summed E-state index contributed by atoms with van der Waals surface area (Å²) in [6, 6.07) is 0.709. The molecule has 0 amide bonds. The molecule has 0 aromatic carbocycles. The maximum Gasteiger partial charge on any atom is 0.0252 e. The Labute approximate surface area is 88.1 Å². The summed E-state index contributed by atoms with van der Waals surface area (Å²) in [4.78, 5) is 2.67. The molecule has 2 nitrogen and oxygen atoms in total. The molecule has 14 heavy (non-hydrogen) atoms. The first kappa shape index (κ1) is 10.4. The molecule has 1 N–H and O–H groups in total. The lowest BCUT2D eigenvalue weighted by atomic mass is 9.97. The van der Waals surface area contributed by atoms with Crippen LogP contribution in [0.5, 0.6) is 0 Å². The van der Waals surface area contributed by atoms with E-state index in [0.29, 0.717) is 17.0 Å². The Morgan fingerprint density at radius 3 is 2.50 bits per heavy atom. The monoisotopic (exact) mass is 196 g/mol. The van der Waals surface area contributed by atoms with Crippen LogP contribution in [-0.4, -0.2) is 36.1 Å². The number of rotatable bonds is 2. The van der Waals surface area contributed by atoms with E-state index in [1.54, 1.807) is 0 Å². The van der Waals surface area contributed by atoms with E-state index < -0.39 is 0 Å². The SMILES string of the molecule is CC1CNC(C)(C)CN1CC1(C)CC1. The van der Waals surface area contributed by atoms with Crippen molar-refractivity contribution in [2.75, 3.05) is 19.6 Å². The minimum atomic E-state index is 0.303. The molecular formula is C12H24N2. The van der Waals surface area contributed by atoms with Gasteiger partial charge in [-0.05, 0) is 39.0 Å². The molecule has 1 atom stereocenters. The predicted molar refractivity (Wildman–Crippen MR) is 60.5 cm³/mol. The summed E-state index contributed by atoms with van der Waals surface area (Å²) in [6.45, 7) is 13.0. The highest BCUT2D eigenvalue weighted by molar-refractivity contribution is 4.97. The highest BCUT2D eigenvalue weighted by Gasteiger charge is 2.41. The van der Waals surface area contributed by atoms with Gasteiger partial charge in [0.25, 0.3) is 0 Å². The zero-order chi connectivity index (χ0) is 10.4. The van der Waals surface area contributed by atoms with Crippen LogP contribution in [0.4, 0.5) is 0 Å². The number of piperazine rings is 1. The zero-order valence-electron chi connectivity index (χ0n) is 10.1. The third-order valence-corrected chi connectivity index (χ3v) is 3.79. The van der Waals surface area contributed by atoms with Crippen LogP contribution < -0.4 is 5.32 Å². The van der Waals surface area contributed by atoms with Gasteiger partial charge in [0, 0.05) is 31.2 Å². The van der Waals surface area contributed by atoms with Crippen molar-refractivity contribution in [1.29, 1.82) is 0 Å². The third kappa shape index (κ3) is 2.29. The lowest BCUT2D eigenvalue weighted by Crippen LogP contribution is -2.61. The molecule has 2 rings (SSSR count). The summed E-state index contributed by atoms with van der Waals surface area (Å²) >= 11 is 0. The van der Waals surface area contributed by atoms with E-state index in [4.69, 9.17) is 0 Å². The Morgan fingerprint density at radius 1 is 1.29 bits per heavy atom. The summed E-state index contributed by atoms with van der Waals surface area (Å²) in [7, 11) is 0. The second-order valence-corrected chi connectivity index (χ2v) is 6.33. The lowest BCUT2D eigenvalue weighted by molar-refractivity contribution is 0.0862. The average molecular weight is 196 g/mol. The van der Waals surface area contributed by atoms with Crippen LogP contribution in [0.1, 0.15) is 40.5 Å². The molecule has 2 heteroatoms. The molecular weight excluding hydrogens is 172 g/mol. The van der Waals surface area contributed by atoms with Gasteiger partial charge in [0.15, 0.2) is 0 Å². The van der Waals surface area contributed by atoms with Crippen LogP contribution in [0.25, 0.3) is 0 Å². The van der Waals surface area contributed by atoms with Gasteiger partial charge in [-0.2, -0.15) is 0 Å². The van der Waals surface area contributed by atoms with Crippen LogP contribution in [-0.2, 0) is 0 Å². The van der Waals surface area contributed by atoms with Gasteiger partial charge in [0.2, 0.25) is 0 Å². The molecule has 82 valence electrons. The molecule has 2 fully saturated rings. The van der Waals surface area contributed by atoms with Crippen LogP contribution in [0.15, 0.2) is 0 Å². The van der Waals surface area contributed by atoms with Crippen molar-refractivity contribution in [3.8, 4) is 0 Å². The maximum atomic E-state index is 3.60. The molecule has 0 bridgehead atoms. The van der Waals surface area contributed by atoms with E-state index in [1.165, 1.54) is 25.9 Å². The fourth-order valence-corrected chi connectivity index (χ4v) is 2.35. The quantitative estimate of drug-likeness (QED) is 0.725. The molecule has 1 aliphatic heterocycles. The first-order valence-electron chi connectivity index (χ1n) is 5.89. The molecule has 1 aliphatic carbocycles. The molecule has 1 saturated heterocycles. The Bertz CT molecular complexity index is 216. The Kier molecular flexibility index (Phi) is 2.39. The molecule has 0 spiro atoms. The lowest BCUT2D eigenvalue weighted by Gasteiger charge is -2.44. The molecule has 1 saturated carbocycles. The predicted octanol–water partition coefficient (Wildman–Crippen LogP) is 1.86. The summed E-state index contributed by atoms with van der Waals surface area (Å²) < 4.78 is 0. The van der Waals surface area contributed by atoms with Gasteiger partial charge in [0.05, 0.1) is 0 Å². The minimum absolute atomic E-state index is 0.303.